The number of nitrogens with one attached hydrogen (secondary N) is 1. The van der Waals surface area contributed by atoms with Gasteiger partial charge in [0.15, 0.2) is 0 Å². The minimum absolute atomic E-state index is 0.146. The summed E-state index contributed by atoms with van der Waals surface area (Å²) in [7, 11) is 0. The molecule has 0 aromatic heterocycles. The van der Waals surface area contributed by atoms with E-state index in [4.69, 9.17) is 5.11 Å². The molecule has 0 saturated carbocycles. The standard InChI is InChI=1S/C19H34N4O3/c24-18(2-1-16-5-9-21(10-6-16)15-19(25)26)23-13-11-22(12-14-23)17-3-7-20-8-4-17/h16-17,20H,1-15H2,(H,25,26). The zero-order valence-electron chi connectivity index (χ0n) is 15.9. The fraction of sp³-hybridized carbons (Fsp3) is 0.895. The van der Waals surface area contributed by atoms with Crippen LogP contribution in [0.1, 0.15) is 38.5 Å². The minimum atomic E-state index is -0.748. The molecule has 3 aliphatic heterocycles. The van der Waals surface area contributed by atoms with E-state index in [0.717, 1.165) is 71.6 Å². The molecular formula is C19H34N4O3. The van der Waals surface area contributed by atoms with Gasteiger partial charge in [-0.25, -0.2) is 0 Å². The van der Waals surface area contributed by atoms with Crippen molar-refractivity contribution >= 4 is 11.9 Å². The molecule has 0 atom stereocenters. The maximum absolute atomic E-state index is 12.5. The Morgan fingerprint density at radius 2 is 1.58 bits per heavy atom. The normalized spacial score (nSPS) is 24.7. The van der Waals surface area contributed by atoms with Crippen LogP contribution in [0.4, 0.5) is 0 Å². The molecule has 3 heterocycles. The largest absolute Gasteiger partial charge is 0.480 e. The summed E-state index contributed by atoms with van der Waals surface area (Å²) in [6.07, 6.45) is 6.10. The molecule has 0 aromatic rings. The first-order valence-corrected chi connectivity index (χ1v) is 10.3. The van der Waals surface area contributed by atoms with Gasteiger partial charge in [-0.15, -0.1) is 0 Å². The Labute approximate surface area is 156 Å². The lowest BCUT2D eigenvalue weighted by Gasteiger charge is -2.41. The molecule has 0 bridgehead atoms. The molecule has 1 amide bonds. The van der Waals surface area contributed by atoms with Gasteiger partial charge in [-0.05, 0) is 64.2 Å². The van der Waals surface area contributed by atoms with E-state index in [1.807, 2.05) is 4.90 Å². The molecule has 3 aliphatic rings. The van der Waals surface area contributed by atoms with Crippen LogP contribution in [0.15, 0.2) is 0 Å². The molecule has 0 aliphatic carbocycles. The Morgan fingerprint density at radius 1 is 0.923 bits per heavy atom. The number of nitrogens with zero attached hydrogens (tertiary/aromatic N) is 3. The van der Waals surface area contributed by atoms with E-state index in [1.54, 1.807) is 0 Å². The van der Waals surface area contributed by atoms with Gasteiger partial charge in [0, 0.05) is 38.6 Å². The van der Waals surface area contributed by atoms with Gasteiger partial charge in [0.1, 0.15) is 0 Å². The van der Waals surface area contributed by atoms with E-state index in [-0.39, 0.29) is 6.54 Å². The summed E-state index contributed by atoms with van der Waals surface area (Å²) in [5.41, 5.74) is 0. The molecule has 2 N–H and O–H groups in total. The van der Waals surface area contributed by atoms with Gasteiger partial charge >= 0.3 is 5.97 Å². The Morgan fingerprint density at radius 3 is 2.19 bits per heavy atom. The van der Waals surface area contributed by atoms with Crippen molar-refractivity contribution in [3.63, 3.8) is 0 Å². The third-order valence-corrected chi connectivity index (χ3v) is 6.32. The number of aliphatic carboxylic acids is 1. The van der Waals surface area contributed by atoms with Crippen LogP contribution < -0.4 is 5.32 Å². The number of carbonyl (C=O) groups excluding carboxylic acids is 1. The maximum atomic E-state index is 12.5. The number of likely N-dealkylation sites (tertiary alicyclic amines) is 1. The second-order valence-corrected chi connectivity index (χ2v) is 8.05. The molecule has 26 heavy (non-hydrogen) atoms. The summed E-state index contributed by atoms with van der Waals surface area (Å²) in [4.78, 5) is 29.9. The minimum Gasteiger partial charge on any atom is -0.480 e. The fourth-order valence-corrected chi connectivity index (χ4v) is 4.62. The van der Waals surface area contributed by atoms with Gasteiger partial charge in [0.25, 0.3) is 0 Å². The summed E-state index contributed by atoms with van der Waals surface area (Å²) < 4.78 is 0. The lowest BCUT2D eigenvalue weighted by molar-refractivity contribution is -0.138. The molecule has 3 rings (SSSR count). The van der Waals surface area contributed by atoms with Crippen molar-refractivity contribution in [2.45, 2.75) is 44.6 Å². The van der Waals surface area contributed by atoms with Crippen molar-refractivity contribution in [2.24, 2.45) is 5.92 Å². The van der Waals surface area contributed by atoms with Crippen LogP contribution in [0.2, 0.25) is 0 Å². The van der Waals surface area contributed by atoms with Crippen molar-refractivity contribution < 1.29 is 14.7 Å². The van der Waals surface area contributed by atoms with Gasteiger partial charge in [0.05, 0.1) is 6.54 Å². The zero-order chi connectivity index (χ0) is 18.4. The average Bonchev–Trinajstić information content (AvgIpc) is 2.67. The summed E-state index contributed by atoms with van der Waals surface area (Å²) in [5, 5.41) is 12.3. The van der Waals surface area contributed by atoms with Crippen molar-refractivity contribution in [1.82, 2.24) is 20.0 Å². The molecule has 0 radical (unpaired) electrons. The quantitative estimate of drug-likeness (QED) is 0.711. The Kier molecular flexibility index (Phi) is 7.28. The monoisotopic (exact) mass is 366 g/mol. The number of hydrogen-bond donors (Lipinski definition) is 2. The number of piperidine rings is 2. The van der Waals surface area contributed by atoms with Crippen LogP contribution >= 0.6 is 0 Å². The first-order chi connectivity index (χ1) is 12.6. The second-order valence-electron chi connectivity index (χ2n) is 8.05. The predicted octanol–water partition coefficient (Wildman–Crippen LogP) is 0.459. The van der Waals surface area contributed by atoms with Gasteiger partial charge in [-0.3, -0.25) is 19.4 Å². The lowest BCUT2D eigenvalue weighted by atomic mass is 9.92. The summed E-state index contributed by atoms with van der Waals surface area (Å²) in [6, 6.07) is 0.699. The van der Waals surface area contributed by atoms with Crippen molar-refractivity contribution in [1.29, 1.82) is 0 Å². The topological polar surface area (TPSA) is 76.1 Å². The van der Waals surface area contributed by atoms with Crippen LogP contribution in [0.5, 0.6) is 0 Å². The molecule has 7 heteroatoms. The summed E-state index contributed by atoms with van der Waals surface area (Å²) in [6.45, 7) is 7.87. The Bertz CT molecular complexity index is 465. The third kappa shape index (κ3) is 5.66. The first-order valence-electron chi connectivity index (χ1n) is 10.3. The Hall–Kier alpha value is -1.18. The Balaban J connectivity index is 1.31. The van der Waals surface area contributed by atoms with Gasteiger partial charge in [0.2, 0.25) is 5.91 Å². The molecule has 3 saturated heterocycles. The van der Waals surface area contributed by atoms with Crippen molar-refractivity contribution in [2.75, 3.05) is 58.9 Å². The van der Waals surface area contributed by atoms with Crippen LogP contribution in [-0.2, 0) is 9.59 Å². The number of rotatable bonds is 6. The second kappa shape index (κ2) is 9.67. The first kappa shape index (κ1) is 19.6. The molecule has 7 nitrogen and oxygen atoms in total. The van der Waals surface area contributed by atoms with Crippen molar-refractivity contribution in [3.05, 3.63) is 0 Å². The number of carbonyl (C=O) groups is 2. The molecule has 148 valence electrons. The highest BCUT2D eigenvalue weighted by atomic mass is 16.4. The van der Waals surface area contributed by atoms with Gasteiger partial charge in [-0.1, -0.05) is 0 Å². The number of amides is 1. The molecule has 0 aromatic carbocycles. The van der Waals surface area contributed by atoms with Crippen LogP contribution in [0.25, 0.3) is 0 Å². The zero-order valence-corrected chi connectivity index (χ0v) is 15.9. The highest BCUT2D eigenvalue weighted by Crippen LogP contribution is 2.22. The van der Waals surface area contributed by atoms with E-state index >= 15 is 0 Å². The maximum Gasteiger partial charge on any atom is 0.317 e. The van der Waals surface area contributed by atoms with E-state index in [9.17, 15) is 9.59 Å². The molecule has 3 fully saturated rings. The lowest BCUT2D eigenvalue weighted by Crippen LogP contribution is -2.54. The molecule has 0 unspecified atom stereocenters. The predicted molar refractivity (Wildman–Crippen MR) is 100 cm³/mol. The van der Waals surface area contributed by atoms with E-state index in [1.165, 1.54) is 12.8 Å². The average molecular weight is 367 g/mol. The van der Waals surface area contributed by atoms with Crippen LogP contribution in [0.3, 0.4) is 0 Å². The number of carboxylic acid groups (broad SMARTS) is 1. The fourth-order valence-electron chi connectivity index (χ4n) is 4.62. The third-order valence-electron chi connectivity index (χ3n) is 6.32. The van der Waals surface area contributed by atoms with E-state index in [0.29, 0.717) is 24.3 Å². The van der Waals surface area contributed by atoms with Gasteiger partial charge in [-0.2, -0.15) is 0 Å². The summed E-state index contributed by atoms with van der Waals surface area (Å²) >= 11 is 0. The van der Waals surface area contributed by atoms with Crippen molar-refractivity contribution in [3.8, 4) is 0 Å². The smallest absolute Gasteiger partial charge is 0.317 e. The van der Waals surface area contributed by atoms with Crippen LogP contribution in [-0.4, -0.2) is 96.6 Å². The highest BCUT2D eigenvalue weighted by Gasteiger charge is 2.27. The molecule has 0 spiro atoms. The van der Waals surface area contributed by atoms with Crippen LogP contribution in [0, 0.1) is 5.92 Å². The summed E-state index contributed by atoms with van der Waals surface area (Å²) in [5.74, 6) is 0.130. The number of carboxylic acids is 1. The number of hydrogen-bond acceptors (Lipinski definition) is 5. The SMILES string of the molecule is O=C(O)CN1CCC(CCC(=O)N2CCN(C3CCNCC3)CC2)CC1. The van der Waals surface area contributed by atoms with Gasteiger partial charge < -0.3 is 15.3 Å². The number of piperazine rings is 1. The highest BCUT2D eigenvalue weighted by molar-refractivity contribution is 5.76. The van der Waals surface area contributed by atoms with E-state index < -0.39 is 5.97 Å². The molecular weight excluding hydrogens is 332 g/mol. The van der Waals surface area contributed by atoms with E-state index in [2.05, 4.69) is 15.1 Å².